The van der Waals surface area contributed by atoms with Gasteiger partial charge in [-0.2, -0.15) is 0 Å². The fourth-order valence-corrected chi connectivity index (χ4v) is 3.41. The van der Waals surface area contributed by atoms with Crippen molar-refractivity contribution in [2.24, 2.45) is 11.8 Å². The highest BCUT2D eigenvalue weighted by atomic mass is 16.5. The predicted molar refractivity (Wildman–Crippen MR) is 71.6 cm³/mol. The van der Waals surface area contributed by atoms with Gasteiger partial charge in [0, 0.05) is 31.6 Å². The number of nitrogens with zero attached hydrogens (tertiary/aromatic N) is 1. The molecule has 0 unspecified atom stereocenters. The molecule has 2 N–H and O–H groups in total. The maximum absolute atomic E-state index is 12.4. The molecule has 2 heterocycles. The molecule has 0 aromatic carbocycles. The molecule has 1 saturated heterocycles. The van der Waals surface area contributed by atoms with Crippen LogP contribution < -0.4 is 5.32 Å². The topological polar surface area (TPSA) is 93.8 Å². The number of nitrogens with one attached hydrogen (secondary N) is 1. The molecule has 116 valence electrons. The van der Waals surface area contributed by atoms with Crippen molar-refractivity contribution in [2.45, 2.75) is 32.1 Å². The molecule has 3 rings (SSSR count). The number of aryl methyl sites for hydroxylation is 1. The highest BCUT2D eigenvalue weighted by Gasteiger charge is 2.54. The Balaban J connectivity index is 1.71. The normalized spacial score (nSPS) is 30.8. The van der Waals surface area contributed by atoms with Crippen molar-refractivity contribution >= 4 is 5.91 Å². The van der Waals surface area contributed by atoms with Gasteiger partial charge in [-0.3, -0.25) is 4.79 Å². The average molecular weight is 296 g/mol. The molecule has 1 aromatic heterocycles. The molecular formula is C14H20N2O5. The predicted octanol–water partition coefficient (Wildman–Crippen LogP) is 0.255. The Labute approximate surface area is 122 Å². The fourth-order valence-electron chi connectivity index (χ4n) is 3.41. The summed E-state index contributed by atoms with van der Waals surface area (Å²) in [5.74, 6) is 0.649. The Hall–Kier alpha value is -1.44. The summed E-state index contributed by atoms with van der Waals surface area (Å²) in [5.41, 5.74) is 0.600. The zero-order valence-electron chi connectivity index (χ0n) is 12.2. The van der Waals surface area contributed by atoms with E-state index in [0.29, 0.717) is 23.8 Å². The van der Waals surface area contributed by atoms with E-state index in [2.05, 4.69) is 10.5 Å². The molecule has 1 aliphatic heterocycles. The number of aliphatic hydroxyl groups excluding tert-OH is 1. The van der Waals surface area contributed by atoms with E-state index < -0.39 is 0 Å². The molecular weight excluding hydrogens is 276 g/mol. The highest BCUT2D eigenvalue weighted by molar-refractivity contribution is 5.94. The summed E-state index contributed by atoms with van der Waals surface area (Å²) in [6.45, 7) is 2.69. The lowest BCUT2D eigenvalue weighted by molar-refractivity contribution is -0.0810. The summed E-state index contributed by atoms with van der Waals surface area (Å²) in [7, 11) is 1.64. The van der Waals surface area contributed by atoms with Crippen LogP contribution in [0.2, 0.25) is 0 Å². The summed E-state index contributed by atoms with van der Waals surface area (Å²) < 4.78 is 15.9. The number of hydrogen-bond donors (Lipinski definition) is 2. The largest absolute Gasteiger partial charge is 0.391 e. The third kappa shape index (κ3) is 2.35. The van der Waals surface area contributed by atoms with E-state index in [1.807, 2.05) is 0 Å². The van der Waals surface area contributed by atoms with Crippen molar-refractivity contribution in [2.75, 3.05) is 20.3 Å². The lowest BCUT2D eigenvalue weighted by atomic mass is 9.67. The number of amides is 1. The Morgan fingerprint density at radius 2 is 2.38 bits per heavy atom. The van der Waals surface area contributed by atoms with Crippen LogP contribution in [-0.4, -0.2) is 48.6 Å². The van der Waals surface area contributed by atoms with Crippen LogP contribution in [0.1, 0.15) is 28.2 Å². The standard InChI is InChI=1S/C14H20N2O5/c1-7-9(5-17)12(16-21-7)14(18)15-11-8-3-4-20-13(8)10(11)6-19-2/h8,10-11,13,17H,3-6H2,1-2H3,(H,15,18)/t8-,10+,11-,13-/m0/s1. The van der Waals surface area contributed by atoms with Crippen LogP contribution in [0, 0.1) is 18.8 Å². The van der Waals surface area contributed by atoms with Crippen molar-refractivity contribution < 1.29 is 23.9 Å². The monoisotopic (exact) mass is 296 g/mol. The summed E-state index contributed by atoms with van der Waals surface area (Å²) >= 11 is 0. The number of methoxy groups -OCH3 is 1. The van der Waals surface area contributed by atoms with Gasteiger partial charge >= 0.3 is 0 Å². The zero-order valence-corrected chi connectivity index (χ0v) is 12.2. The quantitative estimate of drug-likeness (QED) is 0.809. The van der Waals surface area contributed by atoms with Crippen LogP contribution in [0.4, 0.5) is 0 Å². The van der Waals surface area contributed by atoms with Gasteiger partial charge in [0.25, 0.3) is 5.91 Å². The van der Waals surface area contributed by atoms with Crippen LogP contribution in [0.3, 0.4) is 0 Å². The average Bonchev–Trinajstić information content (AvgIpc) is 3.06. The second-order valence-electron chi connectivity index (χ2n) is 5.63. The lowest BCUT2D eigenvalue weighted by Crippen LogP contribution is -2.62. The van der Waals surface area contributed by atoms with E-state index in [9.17, 15) is 9.90 Å². The summed E-state index contributed by atoms with van der Waals surface area (Å²) in [5, 5.41) is 16.0. The Kier molecular flexibility index (Phi) is 3.97. The van der Waals surface area contributed by atoms with Crippen LogP contribution in [0.15, 0.2) is 4.52 Å². The summed E-state index contributed by atoms with van der Waals surface area (Å²) in [6, 6.07) is 0.0218. The van der Waals surface area contributed by atoms with Crippen molar-refractivity contribution in [1.82, 2.24) is 10.5 Å². The first-order valence-corrected chi connectivity index (χ1v) is 7.14. The molecule has 2 fully saturated rings. The maximum atomic E-state index is 12.4. The van der Waals surface area contributed by atoms with Gasteiger partial charge in [-0.15, -0.1) is 0 Å². The van der Waals surface area contributed by atoms with E-state index in [1.54, 1.807) is 14.0 Å². The number of ether oxygens (including phenoxy) is 2. The molecule has 21 heavy (non-hydrogen) atoms. The van der Waals surface area contributed by atoms with E-state index >= 15 is 0 Å². The Bertz CT molecular complexity index is 529. The van der Waals surface area contributed by atoms with Gasteiger partial charge in [-0.05, 0) is 13.3 Å². The number of carbonyl (C=O) groups is 1. The van der Waals surface area contributed by atoms with Crippen molar-refractivity contribution in [3.8, 4) is 0 Å². The van der Waals surface area contributed by atoms with Gasteiger partial charge < -0.3 is 24.4 Å². The van der Waals surface area contributed by atoms with E-state index in [1.165, 1.54) is 0 Å². The van der Waals surface area contributed by atoms with Crippen LogP contribution >= 0.6 is 0 Å². The minimum Gasteiger partial charge on any atom is -0.391 e. The molecule has 0 radical (unpaired) electrons. The third-order valence-electron chi connectivity index (χ3n) is 4.54. The van der Waals surface area contributed by atoms with Crippen LogP contribution in [0.25, 0.3) is 0 Å². The SMILES string of the molecule is COC[C@@H]1[C@@H](NC(=O)c2noc(C)c2CO)[C@@H]2CCO[C@H]12. The number of hydrogen-bond acceptors (Lipinski definition) is 6. The second-order valence-corrected chi connectivity index (χ2v) is 5.63. The zero-order chi connectivity index (χ0) is 15.0. The lowest BCUT2D eigenvalue weighted by Gasteiger charge is -2.47. The molecule has 1 amide bonds. The molecule has 2 aliphatic rings. The van der Waals surface area contributed by atoms with Gasteiger partial charge in [0.15, 0.2) is 5.69 Å². The summed E-state index contributed by atoms with van der Waals surface area (Å²) in [6.07, 6.45) is 1.12. The number of aliphatic hydroxyl groups is 1. The summed E-state index contributed by atoms with van der Waals surface area (Å²) in [4.78, 5) is 12.4. The first-order valence-electron chi connectivity index (χ1n) is 7.14. The van der Waals surface area contributed by atoms with Gasteiger partial charge in [0.05, 0.1) is 24.9 Å². The second kappa shape index (κ2) is 5.75. The van der Waals surface area contributed by atoms with Crippen molar-refractivity contribution in [1.29, 1.82) is 0 Å². The van der Waals surface area contributed by atoms with Crippen molar-refractivity contribution in [3.63, 3.8) is 0 Å². The van der Waals surface area contributed by atoms with Crippen molar-refractivity contribution in [3.05, 3.63) is 17.0 Å². The Morgan fingerprint density at radius 3 is 3.10 bits per heavy atom. The molecule has 1 aliphatic carbocycles. The maximum Gasteiger partial charge on any atom is 0.274 e. The van der Waals surface area contributed by atoms with Gasteiger partial charge in [-0.25, -0.2) is 0 Å². The third-order valence-corrected chi connectivity index (χ3v) is 4.54. The number of carbonyl (C=O) groups excluding carboxylic acids is 1. The van der Waals surface area contributed by atoms with E-state index in [-0.39, 0.29) is 36.3 Å². The first-order chi connectivity index (χ1) is 10.2. The molecule has 0 bridgehead atoms. The minimum atomic E-state index is -0.313. The molecule has 1 saturated carbocycles. The van der Waals surface area contributed by atoms with E-state index in [4.69, 9.17) is 14.0 Å². The Morgan fingerprint density at radius 1 is 1.57 bits per heavy atom. The van der Waals surface area contributed by atoms with Gasteiger partial charge in [0.1, 0.15) is 5.76 Å². The van der Waals surface area contributed by atoms with Gasteiger partial charge in [0.2, 0.25) is 0 Å². The van der Waals surface area contributed by atoms with E-state index in [0.717, 1.165) is 13.0 Å². The first kappa shape index (κ1) is 14.5. The molecule has 4 atom stereocenters. The number of fused-ring (bicyclic) bond motifs is 1. The smallest absolute Gasteiger partial charge is 0.274 e. The van der Waals surface area contributed by atoms with Gasteiger partial charge in [-0.1, -0.05) is 5.16 Å². The fraction of sp³-hybridized carbons (Fsp3) is 0.714. The molecule has 1 aromatic rings. The molecule has 7 nitrogen and oxygen atoms in total. The number of aromatic nitrogens is 1. The van der Waals surface area contributed by atoms with Crippen LogP contribution in [-0.2, 0) is 16.1 Å². The highest BCUT2D eigenvalue weighted by Crippen LogP contribution is 2.43. The minimum absolute atomic E-state index is 0.0218. The molecule has 7 heteroatoms. The molecule has 0 spiro atoms. The van der Waals surface area contributed by atoms with Crippen LogP contribution in [0.5, 0.6) is 0 Å². The number of rotatable bonds is 5.